The summed E-state index contributed by atoms with van der Waals surface area (Å²) in [5, 5.41) is 3.70. The van der Waals surface area contributed by atoms with Gasteiger partial charge >= 0.3 is 0 Å². The summed E-state index contributed by atoms with van der Waals surface area (Å²) < 4.78 is 0. The zero-order valence-corrected chi connectivity index (χ0v) is 15.5. The van der Waals surface area contributed by atoms with Crippen LogP contribution in [0.15, 0.2) is 18.2 Å². The van der Waals surface area contributed by atoms with Gasteiger partial charge in [0.15, 0.2) is 0 Å². The molecule has 1 N–H and O–H groups in total. The van der Waals surface area contributed by atoms with E-state index in [0.29, 0.717) is 6.04 Å². The van der Waals surface area contributed by atoms with E-state index in [2.05, 4.69) is 40.2 Å². The van der Waals surface area contributed by atoms with E-state index < -0.39 is 0 Å². The highest BCUT2D eigenvalue weighted by Gasteiger charge is 2.28. The van der Waals surface area contributed by atoms with Crippen molar-refractivity contribution in [3.63, 3.8) is 0 Å². The molecule has 3 fully saturated rings. The fourth-order valence-corrected chi connectivity index (χ4v) is 4.17. The molecule has 3 aliphatic rings. The number of aryl methyl sites for hydroxylation is 1. The largest absolute Gasteiger partial charge is 0.371 e. The van der Waals surface area contributed by atoms with Crippen LogP contribution in [0, 0.1) is 12.8 Å². The van der Waals surface area contributed by atoms with E-state index in [-0.39, 0.29) is 5.91 Å². The van der Waals surface area contributed by atoms with Gasteiger partial charge in [-0.2, -0.15) is 0 Å². The molecule has 0 spiro atoms. The van der Waals surface area contributed by atoms with E-state index >= 15 is 0 Å². The molecule has 1 amide bonds. The maximum absolute atomic E-state index is 13.2. The third-order valence-electron chi connectivity index (χ3n) is 6.00. The van der Waals surface area contributed by atoms with E-state index in [4.69, 9.17) is 0 Å². The third-order valence-corrected chi connectivity index (χ3v) is 6.00. The Bertz CT molecular complexity index is 612. The Morgan fingerprint density at radius 2 is 1.80 bits per heavy atom. The number of likely N-dealkylation sites (tertiary alicyclic amines) is 1. The van der Waals surface area contributed by atoms with E-state index in [1.54, 1.807) is 0 Å². The van der Waals surface area contributed by atoms with Gasteiger partial charge in [0.2, 0.25) is 0 Å². The highest BCUT2D eigenvalue weighted by atomic mass is 16.2. The average Bonchev–Trinajstić information content (AvgIpc) is 3.31. The second kappa shape index (κ2) is 7.36. The van der Waals surface area contributed by atoms with Crippen LogP contribution in [-0.4, -0.2) is 49.6 Å². The molecular formula is C21H31N3O. The molecule has 1 saturated carbocycles. The zero-order valence-electron chi connectivity index (χ0n) is 15.5. The van der Waals surface area contributed by atoms with Gasteiger partial charge in [0.05, 0.1) is 5.56 Å². The Kier molecular flexibility index (Phi) is 4.98. The SMILES string of the molecule is Cc1ccc(N2CCCC2)c(C(=O)N2CCC(NCC3CC3)CC2)c1. The highest BCUT2D eigenvalue weighted by molar-refractivity contribution is 6.00. The molecule has 2 heterocycles. The lowest BCUT2D eigenvalue weighted by molar-refractivity contribution is 0.0705. The minimum Gasteiger partial charge on any atom is -0.371 e. The Labute approximate surface area is 151 Å². The van der Waals surface area contributed by atoms with Gasteiger partial charge in [-0.25, -0.2) is 0 Å². The predicted octanol–water partition coefficient (Wildman–Crippen LogP) is 3.20. The number of hydrogen-bond donors (Lipinski definition) is 1. The minimum absolute atomic E-state index is 0.228. The minimum atomic E-state index is 0.228. The van der Waals surface area contributed by atoms with Crippen LogP contribution in [0.2, 0.25) is 0 Å². The van der Waals surface area contributed by atoms with E-state index in [1.807, 2.05) is 0 Å². The zero-order chi connectivity index (χ0) is 17.2. The summed E-state index contributed by atoms with van der Waals surface area (Å²) in [6.07, 6.45) is 7.44. The second-order valence-corrected chi connectivity index (χ2v) is 8.13. The van der Waals surface area contributed by atoms with Crippen molar-refractivity contribution in [1.29, 1.82) is 0 Å². The first-order chi connectivity index (χ1) is 12.2. The van der Waals surface area contributed by atoms with Crippen LogP contribution in [0.1, 0.15) is 54.4 Å². The number of carbonyl (C=O) groups is 1. The van der Waals surface area contributed by atoms with E-state index in [9.17, 15) is 4.79 Å². The van der Waals surface area contributed by atoms with Gasteiger partial charge < -0.3 is 15.1 Å². The molecule has 0 bridgehead atoms. The molecule has 4 heteroatoms. The number of anilines is 1. The Morgan fingerprint density at radius 1 is 1.08 bits per heavy atom. The van der Waals surface area contributed by atoms with Gasteiger partial charge in [0.25, 0.3) is 5.91 Å². The lowest BCUT2D eigenvalue weighted by atomic mass is 10.0. The fourth-order valence-electron chi connectivity index (χ4n) is 4.17. The molecule has 2 saturated heterocycles. The first-order valence-corrected chi connectivity index (χ1v) is 10.1. The summed E-state index contributed by atoms with van der Waals surface area (Å²) in [4.78, 5) is 17.6. The van der Waals surface area contributed by atoms with Crippen LogP contribution in [0.3, 0.4) is 0 Å². The number of piperidine rings is 1. The van der Waals surface area contributed by atoms with Gasteiger partial charge in [0.1, 0.15) is 0 Å². The second-order valence-electron chi connectivity index (χ2n) is 8.13. The summed E-state index contributed by atoms with van der Waals surface area (Å²) in [5.41, 5.74) is 3.22. The third kappa shape index (κ3) is 4.00. The molecule has 0 radical (unpaired) electrons. The van der Waals surface area contributed by atoms with Crippen LogP contribution in [-0.2, 0) is 0 Å². The van der Waals surface area contributed by atoms with Crippen molar-refractivity contribution in [3.05, 3.63) is 29.3 Å². The van der Waals surface area contributed by atoms with Crippen LogP contribution in [0.25, 0.3) is 0 Å². The van der Waals surface area contributed by atoms with Crippen LogP contribution >= 0.6 is 0 Å². The van der Waals surface area contributed by atoms with Gasteiger partial charge in [-0.1, -0.05) is 11.6 Å². The number of nitrogens with one attached hydrogen (secondary N) is 1. The van der Waals surface area contributed by atoms with Crippen LogP contribution < -0.4 is 10.2 Å². The lowest BCUT2D eigenvalue weighted by Gasteiger charge is -2.33. The van der Waals surface area contributed by atoms with Crippen molar-refractivity contribution in [2.75, 3.05) is 37.6 Å². The molecule has 1 aromatic rings. The maximum atomic E-state index is 13.2. The number of benzene rings is 1. The molecule has 1 aromatic carbocycles. The maximum Gasteiger partial charge on any atom is 0.255 e. The summed E-state index contributed by atoms with van der Waals surface area (Å²) in [6.45, 7) is 7.18. The molecule has 1 aliphatic carbocycles. The molecule has 4 rings (SSSR count). The highest BCUT2D eigenvalue weighted by Crippen LogP contribution is 2.29. The van der Waals surface area contributed by atoms with E-state index in [0.717, 1.165) is 56.2 Å². The van der Waals surface area contributed by atoms with Crippen molar-refractivity contribution >= 4 is 11.6 Å². The molecule has 0 aromatic heterocycles. The number of amides is 1. The van der Waals surface area contributed by atoms with Gasteiger partial charge in [-0.15, -0.1) is 0 Å². The first kappa shape index (κ1) is 16.9. The normalized spacial score (nSPS) is 21.8. The quantitative estimate of drug-likeness (QED) is 0.893. The molecule has 136 valence electrons. The van der Waals surface area contributed by atoms with Gasteiger partial charge in [0, 0.05) is 37.9 Å². The fraction of sp³-hybridized carbons (Fsp3) is 0.667. The number of rotatable bonds is 5. The molecule has 25 heavy (non-hydrogen) atoms. The standard InChI is InChI=1S/C21H31N3O/c1-16-4-7-20(23-10-2-3-11-23)19(14-16)21(25)24-12-8-18(9-13-24)22-15-17-5-6-17/h4,7,14,17-18,22H,2-3,5-6,8-13,15H2,1H3. The number of nitrogens with zero attached hydrogens (tertiary/aromatic N) is 2. The number of carbonyl (C=O) groups excluding carboxylic acids is 1. The smallest absolute Gasteiger partial charge is 0.255 e. The van der Waals surface area contributed by atoms with Crippen molar-refractivity contribution < 1.29 is 4.79 Å². The molecule has 0 unspecified atom stereocenters. The van der Waals surface area contributed by atoms with Crippen LogP contribution in [0.5, 0.6) is 0 Å². The van der Waals surface area contributed by atoms with Crippen molar-refractivity contribution in [3.8, 4) is 0 Å². The van der Waals surface area contributed by atoms with E-state index in [1.165, 1.54) is 37.8 Å². The topological polar surface area (TPSA) is 35.6 Å². The lowest BCUT2D eigenvalue weighted by Crippen LogP contribution is -2.45. The molecular weight excluding hydrogens is 310 g/mol. The summed E-state index contributed by atoms with van der Waals surface area (Å²) >= 11 is 0. The monoisotopic (exact) mass is 341 g/mol. The Morgan fingerprint density at radius 3 is 2.48 bits per heavy atom. The van der Waals surface area contributed by atoms with Crippen molar-refractivity contribution in [1.82, 2.24) is 10.2 Å². The summed E-state index contributed by atoms with van der Waals surface area (Å²) in [7, 11) is 0. The summed E-state index contributed by atoms with van der Waals surface area (Å²) in [5.74, 6) is 1.15. The molecule has 0 atom stereocenters. The van der Waals surface area contributed by atoms with Crippen LogP contribution in [0.4, 0.5) is 5.69 Å². The summed E-state index contributed by atoms with van der Waals surface area (Å²) in [6, 6.07) is 6.98. The van der Waals surface area contributed by atoms with Gasteiger partial charge in [-0.05, 0) is 70.0 Å². The predicted molar refractivity (Wildman–Crippen MR) is 102 cm³/mol. The Hall–Kier alpha value is -1.55. The number of hydrogen-bond acceptors (Lipinski definition) is 3. The van der Waals surface area contributed by atoms with Crippen molar-refractivity contribution in [2.45, 2.75) is 51.5 Å². The average molecular weight is 341 g/mol. The van der Waals surface area contributed by atoms with Gasteiger partial charge in [-0.3, -0.25) is 4.79 Å². The Balaban J connectivity index is 1.41. The molecule has 2 aliphatic heterocycles. The van der Waals surface area contributed by atoms with Crippen molar-refractivity contribution in [2.24, 2.45) is 5.92 Å². The molecule has 4 nitrogen and oxygen atoms in total. The first-order valence-electron chi connectivity index (χ1n) is 10.1.